The van der Waals surface area contributed by atoms with Crippen molar-refractivity contribution in [3.05, 3.63) is 218 Å². The van der Waals surface area contributed by atoms with Crippen LogP contribution < -0.4 is 0 Å². The standard InChI is InChI=1S/C57H35N3/c58-36-37-19-21-40(22-20-37)52-35-53(60-57(59-52)43-14-5-2-6-15-43)41-25-23-38(24-26-41)44-27-28-46-34-47(30-29-45(46)33-44)55-50-18-10-9-17-49(50)54(42-12-3-1-4-13-42)51-32-31-39-11-7-8-16-48(39)56(51)55/h1-35H. The third-order valence-corrected chi connectivity index (χ3v) is 11.7. The van der Waals surface area contributed by atoms with E-state index in [0.29, 0.717) is 11.4 Å². The van der Waals surface area contributed by atoms with Gasteiger partial charge in [0.2, 0.25) is 0 Å². The molecule has 0 fully saturated rings. The fourth-order valence-electron chi connectivity index (χ4n) is 8.75. The molecule has 60 heavy (non-hydrogen) atoms. The highest BCUT2D eigenvalue weighted by Gasteiger charge is 2.19. The molecule has 0 N–H and O–H groups in total. The summed E-state index contributed by atoms with van der Waals surface area (Å²) < 4.78 is 0. The van der Waals surface area contributed by atoms with Crippen LogP contribution in [-0.2, 0) is 0 Å². The van der Waals surface area contributed by atoms with Gasteiger partial charge >= 0.3 is 0 Å². The summed E-state index contributed by atoms with van der Waals surface area (Å²) >= 11 is 0. The molecular formula is C57H35N3. The van der Waals surface area contributed by atoms with Gasteiger partial charge in [0, 0.05) is 16.7 Å². The van der Waals surface area contributed by atoms with Crippen LogP contribution >= 0.6 is 0 Å². The van der Waals surface area contributed by atoms with Gasteiger partial charge in [-0.2, -0.15) is 5.26 Å². The molecule has 278 valence electrons. The van der Waals surface area contributed by atoms with Gasteiger partial charge < -0.3 is 0 Å². The van der Waals surface area contributed by atoms with Gasteiger partial charge in [0.1, 0.15) is 0 Å². The molecular weight excluding hydrogens is 727 g/mol. The minimum atomic E-state index is 0.617. The predicted octanol–water partition coefficient (Wildman–Crippen LogP) is 15.0. The fraction of sp³-hybridized carbons (Fsp3) is 0. The quantitative estimate of drug-likeness (QED) is 0.125. The average molecular weight is 762 g/mol. The van der Waals surface area contributed by atoms with E-state index >= 15 is 0 Å². The van der Waals surface area contributed by atoms with Gasteiger partial charge in [-0.15, -0.1) is 0 Å². The number of nitriles is 1. The summed E-state index contributed by atoms with van der Waals surface area (Å²) in [6, 6.07) is 77.2. The highest BCUT2D eigenvalue weighted by Crippen LogP contribution is 2.46. The Labute approximate surface area is 348 Å². The summed E-state index contributed by atoms with van der Waals surface area (Å²) in [5.74, 6) is 0.659. The molecule has 3 heteroatoms. The van der Waals surface area contributed by atoms with Crippen LogP contribution in [0.2, 0.25) is 0 Å². The van der Waals surface area contributed by atoms with E-state index in [9.17, 15) is 5.26 Å². The van der Waals surface area contributed by atoms with Crippen LogP contribution in [-0.4, -0.2) is 9.97 Å². The summed E-state index contributed by atoms with van der Waals surface area (Å²) in [4.78, 5) is 9.96. The van der Waals surface area contributed by atoms with Crippen LogP contribution in [0, 0.1) is 11.3 Å². The smallest absolute Gasteiger partial charge is 0.160 e. The Kier molecular flexibility index (Phi) is 8.54. The summed E-state index contributed by atoms with van der Waals surface area (Å²) in [5, 5.41) is 19.3. The lowest BCUT2D eigenvalue weighted by Gasteiger charge is -2.19. The summed E-state index contributed by atoms with van der Waals surface area (Å²) in [6.07, 6.45) is 0. The molecule has 0 spiro atoms. The van der Waals surface area contributed by atoms with Gasteiger partial charge in [0.25, 0.3) is 0 Å². The number of hydrogen-bond donors (Lipinski definition) is 0. The monoisotopic (exact) mass is 761 g/mol. The molecule has 0 saturated heterocycles. The largest absolute Gasteiger partial charge is 0.228 e. The topological polar surface area (TPSA) is 49.6 Å². The summed E-state index contributed by atoms with van der Waals surface area (Å²) in [7, 11) is 0. The Balaban J connectivity index is 0.991. The Morgan fingerprint density at radius 3 is 1.48 bits per heavy atom. The molecule has 1 heterocycles. The molecule has 0 bridgehead atoms. The van der Waals surface area contributed by atoms with E-state index in [1.165, 1.54) is 65.3 Å². The summed E-state index contributed by atoms with van der Waals surface area (Å²) in [6.45, 7) is 0. The number of aromatic nitrogens is 2. The maximum atomic E-state index is 9.35. The van der Waals surface area contributed by atoms with E-state index in [0.717, 1.165) is 39.2 Å². The first kappa shape index (κ1) is 35.0. The minimum absolute atomic E-state index is 0.617. The second kappa shape index (κ2) is 14.6. The van der Waals surface area contributed by atoms with Crippen LogP contribution in [0.1, 0.15) is 5.56 Å². The molecule has 0 radical (unpaired) electrons. The number of nitrogens with zero attached hydrogens (tertiary/aromatic N) is 3. The molecule has 0 saturated carbocycles. The normalized spacial score (nSPS) is 11.3. The fourth-order valence-corrected chi connectivity index (χ4v) is 8.75. The zero-order valence-electron chi connectivity index (χ0n) is 32.5. The van der Waals surface area contributed by atoms with Crippen LogP contribution in [0.15, 0.2) is 212 Å². The Morgan fingerprint density at radius 1 is 0.317 bits per heavy atom. The van der Waals surface area contributed by atoms with Gasteiger partial charge in [-0.25, -0.2) is 9.97 Å². The zero-order chi connectivity index (χ0) is 40.0. The van der Waals surface area contributed by atoms with E-state index in [1.54, 1.807) is 0 Å². The van der Waals surface area contributed by atoms with E-state index in [-0.39, 0.29) is 0 Å². The number of hydrogen-bond acceptors (Lipinski definition) is 3. The number of fused-ring (bicyclic) bond motifs is 5. The molecule has 11 rings (SSSR count). The van der Waals surface area contributed by atoms with Gasteiger partial charge in [-0.1, -0.05) is 182 Å². The molecule has 1 aromatic heterocycles. The van der Waals surface area contributed by atoms with Crippen molar-refractivity contribution in [2.45, 2.75) is 0 Å². The third kappa shape index (κ3) is 6.16. The molecule has 0 amide bonds. The average Bonchev–Trinajstić information content (AvgIpc) is 3.33. The minimum Gasteiger partial charge on any atom is -0.228 e. The van der Waals surface area contributed by atoms with Gasteiger partial charge in [-0.3, -0.25) is 0 Å². The van der Waals surface area contributed by atoms with Crippen molar-refractivity contribution in [3.63, 3.8) is 0 Å². The highest BCUT2D eigenvalue weighted by molar-refractivity contribution is 6.28. The van der Waals surface area contributed by atoms with Crippen LogP contribution in [0.25, 0.3) is 110 Å². The lowest BCUT2D eigenvalue weighted by atomic mass is 9.83. The molecule has 0 atom stereocenters. The Bertz CT molecular complexity index is 3460. The number of benzene rings is 10. The lowest BCUT2D eigenvalue weighted by molar-refractivity contribution is 1.18. The molecule has 3 nitrogen and oxygen atoms in total. The van der Waals surface area contributed by atoms with E-state index < -0.39 is 0 Å². The maximum Gasteiger partial charge on any atom is 0.160 e. The molecule has 0 aliphatic heterocycles. The first-order valence-electron chi connectivity index (χ1n) is 20.2. The second-order valence-corrected chi connectivity index (χ2v) is 15.2. The summed E-state index contributed by atoms with van der Waals surface area (Å²) in [5.41, 5.74) is 12.4. The third-order valence-electron chi connectivity index (χ3n) is 11.7. The van der Waals surface area contributed by atoms with Crippen molar-refractivity contribution in [1.82, 2.24) is 9.97 Å². The van der Waals surface area contributed by atoms with Crippen molar-refractivity contribution in [3.8, 4) is 73.4 Å². The second-order valence-electron chi connectivity index (χ2n) is 15.2. The first-order chi connectivity index (χ1) is 29.7. The van der Waals surface area contributed by atoms with E-state index in [1.807, 2.05) is 60.7 Å². The molecule has 0 aliphatic carbocycles. The van der Waals surface area contributed by atoms with Crippen molar-refractivity contribution >= 4 is 43.1 Å². The van der Waals surface area contributed by atoms with Crippen molar-refractivity contribution < 1.29 is 0 Å². The number of rotatable bonds is 6. The zero-order valence-corrected chi connectivity index (χ0v) is 32.5. The Hall–Kier alpha value is -8.19. The van der Waals surface area contributed by atoms with Crippen molar-refractivity contribution in [1.29, 1.82) is 5.26 Å². The molecule has 0 unspecified atom stereocenters. The van der Waals surface area contributed by atoms with Gasteiger partial charge in [-0.05, 0) is 107 Å². The van der Waals surface area contributed by atoms with Crippen molar-refractivity contribution in [2.24, 2.45) is 0 Å². The molecule has 11 aromatic rings. The van der Waals surface area contributed by atoms with Crippen LogP contribution in [0.5, 0.6) is 0 Å². The predicted molar refractivity (Wildman–Crippen MR) is 249 cm³/mol. The van der Waals surface area contributed by atoms with E-state index in [2.05, 4.69) is 158 Å². The Morgan fingerprint density at radius 2 is 0.817 bits per heavy atom. The first-order valence-corrected chi connectivity index (χ1v) is 20.2. The maximum absolute atomic E-state index is 9.35. The van der Waals surface area contributed by atoms with Crippen LogP contribution in [0.4, 0.5) is 0 Å². The SMILES string of the molecule is N#Cc1ccc(-c2cc(-c3ccc(-c4ccc5cc(-c6c7ccccc7c(-c7ccccc7)c7ccc8ccccc8c67)ccc5c4)cc3)nc(-c3ccccc3)n2)cc1. The van der Waals surface area contributed by atoms with Gasteiger partial charge in [0.05, 0.1) is 23.0 Å². The molecule has 0 aliphatic rings. The lowest BCUT2D eigenvalue weighted by Crippen LogP contribution is -1.96. The van der Waals surface area contributed by atoms with Gasteiger partial charge in [0.15, 0.2) is 5.82 Å². The van der Waals surface area contributed by atoms with Crippen molar-refractivity contribution in [2.75, 3.05) is 0 Å². The molecule has 10 aromatic carbocycles. The highest BCUT2D eigenvalue weighted by atomic mass is 14.9. The van der Waals surface area contributed by atoms with Crippen LogP contribution in [0.3, 0.4) is 0 Å². The van der Waals surface area contributed by atoms with E-state index in [4.69, 9.17) is 9.97 Å².